The van der Waals surface area contributed by atoms with E-state index in [1.165, 1.54) is 0 Å². The molecule has 33 heavy (non-hydrogen) atoms. The summed E-state index contributed by atoms with van der Waals surface area (Å²) in [7, 11) is 3.13. The van der Waals surface area contributed by atoms with Gasteiger partial charge in [-0.05, 0) is 18.9 Å². The number of amides is 2. The average Bonchev–Trinajstić information content (AvgIpc) is 3.53. The summed E-state index contributed by atoms with van der Waals surface area (Å²) in [5.41, 5.74) is 0.340. The van der Waals surface area contributed by atoms with E-state index in [0.717, 1.165) is 6.07 Å². The largest absolute Gasteiger partial charge is 0.367 e. The molecule has 8 nitrogen and oxygen atoms in total. The Morgan fingerprint density at radius 2 is 1.82 bits per heavy atom. The van der Waals surface area contributed by atoms with E-state index in [1.54, 1.807) is 25.3 Å². The van der Waals surface area contributed by atoms with Crippen molar-refractivity contribution >= 4 is 23.3 Å². The van der Waals surface area contributed by atoms with Crippen LogP contribution < -0.4 is 10.2 Å². The number of carbonyl (C=O) groups is 3. The van der Waals surface area contributed by atoms with Crippen LogP contribution in [0.25, 0.3) is 0 Å². The molecular weight excluding hydrogens is 436 g/mol. The summed E-state index contributed by atoms with van der Waals surface area (Å²) in [6, 6.07) is 0.450. The molecule has 5 rings (SSSR count). The van der Waals surface area contributed by atoms with Crippen LogP contribution in [0.5, 0.6) is 0 Å². The number of halogens is 2. The average molecular weight is 462 g/mol. The smallest absolute Gasteiger partial charge is 0.285 e. The number of methoxy groups -OCH3 is 2. The molecule has 2 fully saturated rings. The molecule has 0 aromatic heterocycles. The van der Waals surface area contributed by atoms with Gasteiger partial charge in [0.25, 0.3) is 11.7 Å². The number of piperidine rings is 2. The summed E-state index contributed by atoms with van der Waals surface area (Å²) >= 11 is 0. The standard InChI is InChI=1S/C23H25F2N3O5/c1-32-23(33-2)12-5-7-27(8-6-12)20-15(24)9-13-14(19(20)25)10-28(11-17(28)21(13)30)16-3-4-18(29)26-22(16)31/h9,11-12,16,23H,3-8,10H2,1-2H3/p+1. The van der Waals surface area contributed by atoms with Crippen molar-refractivity contribution in [2.24, 2.45) is 5.92 Å². The van der Waals surface area contributed by atoms with Crippen LogP contribution in [-0.4, -0.2) is 61.7 Å². The van der Waals surface area contributed by atoms with Gasteiger partial charge in [-0.25, -0.2) is 13.3 Å². The fraction of sp³-hybridized carbons (Fsp3) is 0.522. The number of ether oxygens (including phenoxy) is 2. The first-order chi connectivity index (χ1) is 15.8. The Balaban J connectivity index is 1.43. The van der Waals surface area contributed by atoms with E-state index in [4.69, 9.17) is 9.47 Å². The minimum Gasteiger partial charge on any atom is -0.367 e. The summed E-state index contributed by atoms with van der Waals surface area (Å²) in [5, 5.41) is 2.31. The Hall–Kier alpha value is -2.69. The second kappa shape index (κ2) is 7.96. The Morgan fingerprint density at radius 3 is 2.45 bits per heavy atom. The van der Waals surface area contributed by atoms with Gasteiger partial charge >= 0.3 is 0 Å². The van der Waals surface area contributed by atoms with Crippen molar-refractivity contribution < 1.29 is 37.1 Å². The zero-order valence-electron chi connectivity index (χ0n) is 18.5. The Morgan fingerprint density at radius 1 is 1.12 bits per heavy atom. The zero-order valence-corrected chi connectivity index (χ0v) is 18.5. The second-order valence-corrected chi connectivity index (χ2v) is 9.11. The number of rotatable bonds is 5. The number of ketones is 1. The highest BCUT2D eigenvalue weighted by Gasteiger charge is 2.62. The lowest BCUT2D eigenvalue weighted by Gasteiger charge is -2.37. The number of hydrogen-bond donors (Lipinski definition) is 1. The van der Waals surface area contributed by atoms with Gasteiger partial charge in [0.05, 0.1) is 5.56 Å². The third-order valence-electron chi connectivity index (χ3n) is 7.40. The summed E-state index contributed by atoms with van der Waals surface area (Å²) in [5.74, 6) is -2.69. The fourth-order valence-electron chi connectivity index (χ4n) is 5.63. The highest BCUT2D eigenvalue weighted by molar-refractivity contribution is 6.11. The van der Waals surface area contributed by atoms with Crippen LogP contribution in [-0.2, 0) is 25.6 Å². The molecule has 4 heterocycles. The summed E-state index contributed by atoms with van der Waals surface area (Å²) in [4.78, 5) is 38.7. The van der Waals surface area contributed by atoms with E-state index in [9.17, 15) is 14.4 Å². The SMILES string of the molecule is COC(OC)C1CCN(c2c(F)cc3c(c2F)C[N+]2(C4CCC(=O)NC4=O)C=C2C3=O)CC1. The minimum atomic E-state index is -0.768. The van der Waals surface area contributed by atoms with Crippen LogP contribution in [0, 0.1) is 17.6 Å². The molecule has 2 amide bonds. The number of imide groups is 1. The van der Waals surface area contributed by atoms with Crippen molar-refractivity contribution in [2.75, 3.05) is 32.2 Å². The number of Topliss-reactive ketones (excluding diaryl/α,β-unsaturated/α-hetero) is 1. The first kappa shape index (κ1) is 22.1. The first-order valence-corrected chi connectivity index (χ1v) is 11.1. The fourth-order valence-corrected chi connectivity index (χ4v) is 5.63. The molecule has 0 radical (unpaired) electrons. The number of fused-ring (bicyclic) bond motifs is 2. The molecular formula is C23H26F2N3O5+. The van der Waals surface area contributed by atoms with E-state index >= 15 is 8.78 Å². The third kappa shape index (κ3) is 3.39. The molecule has 1 N–H and O–H groups in total. The van der Waals surface area contributed by atoms with Gasteiger partial charge in [-0.2, -0.15) is 0 Å². The maximum Gasteiger partial charge on any atom is 0.285 e. The number of anilines is 1. The molecule has 2 saturated heterocycles. The molecule has 0 saturated carbocycles. The van der Waals surface area contributed by atoms with E-state index in [-0.39, 0.29) is 58.8 Å². The topological polar surface area (TPSA) is 84.9 Å². The highest BCUT2D eigenvalue weighted by Crippen LogP contribution is 2.50. The molecule has 2 unspecified atom stereocenters. The van der Waals surface area contributed by atoms with Crippen molar-refractivity contribution in [3.8, 4) is 0 Å². The van der Waals surface area contributed by atoms with Gasteiger partial charge in [-0.1, -0.05) is 0 Å². The lowest BCUT2D eigenvalue weighted by Crippen LogP contribution is -2.56. The van der Waals surface area contributed by atoms with Crippen molar-refractivity contribution in [2.45, 2.75) is 44.6 Å². The molecule has 4 aliphatic rings. The first-order valence-electron chi connectivity index (χ1n) is 11.1. The minimum absolute atomic E-state index is 0.00672. The number of nitrogens with one attached hydrogen (secondary N) is 1. The normalized spacial score (nSPS) is 27.3. The van der Waals surface area contributed by atoms with Crippen LogP contribution in [0.3, 0.4) is 0 Å². The molecule has 0 aliphatic carbocycles. The maximum absolute atomic E-state index is 15.8. The Kier molecular flexibility index (Phi) is 5.34. The number of hydrogen-bond acceptors (Lipinski definition) is 6. The second-order valence-electron chi connectivity index (χ2n) is 9.11. The highest BCUT2D eigenvalue weighted by atomic mass is 19.1. The van der Waals surface area contributed by atoms with Gasteiger partial charge in [0.2, 0.25) is 11.6 Å². The van der Waals surface area contributed by atoms with Gasteiger partial charge < -0.3 is 14.4 Å². The van der Waals surface area contributed by atoms with Crippen LogP contribution in [0.4, 0.5) is 14.5 Å². The lowest BCUT2D eigenvalue weighted by atomic mass is 9.92. The molecule has 1 aromatic carbocycles. The van der Waals surface area contributed by atoms with Crippen molar-refractivity contribution in [1.82, 2.24) is 5.32 Å². The predicted octanol–water partition coefficient (Wildman–Crippen LogP) is 1.97. The van der Waals surface area contributed by atoms with Crippen LogP contribution in [0.2, 0.25) is 0 Å². The van der Waals surface area contributed by atoms with E-state index in [1.807, 2.05) is 0 Å². The monoisotopic (exact) mass is 462 g/mol. The summed E-state index contributed by atoms with van der Waals surface area (Å²) in [6.45, 7) is 0.893. The number of carbonyl (C=O) groups excluding carboxylic acids is 3. The van der Waals surface area contributed by atoms with Crippen molar-refractivity contribution in [3.63, 3.8) is 0 Å². The van der Waals surface area contributed by atoms with Gasteiger partial charge in [-0.3, -0.25) is 19.7 Å². The van der Waals surface area contributed by atoms with E-state index in [2.05, 4.69) is 5.32 Å². The Labute approximate surface area is 189 Å². The van der Waals surface area contributed by atoms with Gasteiger partial charge in [0, 0.05) is 51.6 Å². The van der Waals surface area contributed by atoms with E-state index < -0.39 is 29.4 Å². The molecule has 1 aromatic rings. The van der Waals surface area contributed by atoms with Crippen LogP contribution in [0.15, 0.2) is 18.0 Å². The third-order valence-corrected chi connectivity index (χ3v) is 7.40. The molecule has 10 heteroatoms. The van der Waals surface area contributed by atoms with Gasteiger partial charge in [0.1, 0.15) is 18.0 Å². The Bertz CT molecular complexity index is 1080. The quantitative estimate of drug-likeness (QED) is 0.409. The summed E-state index contributed by atoms with van der Waals surface area (Å²) < 4.78 is 41.4. The van der Waals surface area contributed by atoms with Gasteiger partial charge in [-0.15, -0.1) is 0 Å². The number of nitrogens with zero attached hydrogens (tertiary/aromatic N) is 2. The lowest BCUT2D eigenvalue weighted by molar-refractivity contribution is -0.808. The summed E-state index contributed by atoms with van der Waals surface area (Å²) in [6.07, 6.45) is 2.98. The molecule has 2 atom stereocenters. The molecule has 176 valence electrons. The number of allylic oxidation sites excluding steroid dienone is 1. The van der Waals surface area contributed by atoms with Crippen molar-refractivity contribution in [3.05, 3.63) is 40.7 Å². The zero-order chi connectivity index (χ0) is 23.5. The molecule has 0 spiro atoms. The van der Waals surface area contributed by atoms with Crippen LogP contribution in [0.1, 0.15) is 41.6 Å². The predicted molar refractivity (Wildman–Crippen MR) is 112 cm³/mol. The molecule has 4 aliphatic heterocycles. The van der Waals surface area contributed by atoms with E-state index in [0.29, 0.717) is 31.6 Å². The maximum atomic E-state index is 15.8. The number of quaternary nitrogens is 1. The van der Waals surface area contributed by atoms with Crippen LogP contribution >= 0.6 is 0 Å². The van der Waals surface area contributed by atoms with Gasteiger partial charge in [0.15, 0.2) is 24.3 Å². The van der Waals surface area contributed by atoms with Crippen molar-refractivity contribution in [1.29, 1.82) is 0 Å². The number of benzene rings is 1. The molecule has 0 bridgehead atoms.